The Hall–Kier alpha value is -1.88. The van der Waals surface area contributed by atoms with E-state index in [-0.39, 0.29) is 9.50 Å². The number of aromatic amines is 2. The van der Waals surface area contributed by atoms with E-state index in [4.69, 9.17) is 5.26 Å². The highest BCUT2D eigenvalue weighted by Crippen LogP contribution is 1.64. The Balaban J connectivity index is 3.52. The SMILES string of the molecule is N#COn1c(=O)[nH]c(=S)[nH]c1=O. The molecule has 1 aromatic heterocycles. The zero-order valence-electron chi connectivity index (χ0n) is 5.53. The highest BCUT2D eigenvalue weighted by molar-refractivity contribution is 7.71. The topological polar surface area (TPSA) is 104 Å². The summed E-state index contributed by atoms with van der Waals surface area (Å²) in [6.45, 7) is 0. The average molecular weight is 186 g/mol. The van der Waals surface area contributed by atoms with Gasteiger partial charge >= 0.3 is 17.6 Å². The van der Waals surface area contributed by atoms with E-state index in [0.29, 0.717) is 0 Å². The Bertz CT molecular complexity index is 454. The molecular weight excluding hydrogens is 184 g/mol. The van der Waals surface area contributed by atoms with Crippen molar-refractivity contribution in [2.45, 2.75) is 0 Å². The molecule has 0 unspecified atom stereocenters. The molecule has 0 aliphatic rings. The van der Waals surface area contributed by atoms with Crippen LogP contribution in [0.15, 0.2) is 9.59 Å². The number of H-pyrrole nitrogens is 2. The molecule has 0 saturated carbocycles. The van der Waals surface area contributed by atoms with Crippen molar-refractivity contribution in [2.24, 2.45) is 0 Å². The summed E-state index contributed by atoms with van der Waals surface area (Å²) in [7, 11) is 0. The number of nitrogens with one attached hydrogen (secondary N) is 2. The molecule has 0 radical (unpaired) electrons. The fraction of sp³-hybridized carbons (Fsp3) is 0. The molecule has 2 N–H and O–H groups in total. The first kappa shape index (κ1) is 8.22. The van der Waals surface area contributed by atoms with Gasteiger partial charge in [-0.15, -0.1) is 5.26 Å². The van der Waals surface area contributed by atoms with Gasteiger partial charge in [-0.3, -0.25) is 14.8 Å². The summed E-state index contributed by atoms with van der Waals surface area (Å²) in [5, 5.41) is 8.01. The second-order valence-electron chi connectivity index (χ2n) is 1.67. The minimum Gasteiger partial charge on any atom is -0.285 e. The second-order valence-corrected chi connectivity index (χ2v) is 2.07. The molecular formula is C4H2N4O3S. The van der Waals surface area contributed by atoms with E-state index >= 15 is 0 Å². The van der Waals surface area contributed by atoms with E-state index in [1.165, 1.54) is 6.26 Å². The summed E-state index contributed by atoms with van der Waals surface area (Å²) >= 11 is 4.47. The summed E-state index contributed by atoms with van der Waals surface area (Å²) in [6, 6.07) is 0. The quantitative estimate of drug-likeness (QED) is 0.410. The summed E-state index contributed by atoms with van der Waals surface area (Å²) in [4.78, 5) is 29.7. The first-order valence-corrected chi connectivity index (χ1v) is 3.08. The smallest absolute Gasteiger partial charge is 0.285 e. The second kappa shape index (κ2) is 3.02. The highest BCUT2D eigenvalue weighted by Gasteiger charge is 2.00. The maximum Gasteiger partial charge on any atom is 0.366 e. The van der Waals surface area contributed by atoms with Crippen LogP contribution in [0.5, 0.6) is 0 Å². The number of nitriles is 1. The van der Waals surface area contributed by atoms with Gasteiger partial charge in [-0.2, -0.15) is 0 Å². The molecule has 0 aliphatic heterocycles. The lowest BCUT2D eigenvalue weighted by Gasteiger charge is -1.94. The summed E-state index contributed by atoms with van der Waals surface area (Å²) in [6.07, 6.45) is 1.17. The van der Waals surface area contributed by atoms with E-state index in [2.05, 4.69) is 27.0 Å². The molecule has 62 valence electrons. The van der Waals surface area contributed by atoms with Gasteiger partial charge in [0.25, 0.3) is 0 Å². The Morgan fingerprint density at radius 3 is 2.33 bits per heavy atom. The van der Waals surface area contributed by atoms with Gasteiger partial charge in [0, 0.05) is 0 Å². The van der Waals surface area contributed by atoms with E-state index < -0.39 is 11.4 Å². The number of hydrogen-bond acceptors (Lipinski definition) is 5. The largest absolute Gasteiger partial charge is 0.366 e. The maximum absolute atomic E-state index is 10.8. The van der Waals surface area contributed by atoms with E-state index in [1.54, 1.807) is 0 Å². The van der Waals surface area contributed by atoms with Gasteiger partial charge in [-0.05, 0) is 12.2 Å². The first-order valence-electron chi connectivity index (χ1n) is 2.67. The van der Waals surface area contributed by atoms with Crippen molar-refractivity contribution >= 4 is 12.2 Å². The predicted octanol–water partition coefficient (Wildman–Crippen LogP) is -1.50. The molecule has 0 saturated heterocycles. The van der Waals surface area contributed by atoms with E-state index in [0.717, 1.165) is 0 Å². The highest BCUT2D eigenvalue weighted by atomic mass is 32.1. The Kier molecular flexibility index (Phi) is 2.07. The van der Waals surface area contributed by atoms with Gasteiger partial charge < -0.3 is 0 Å². The molecule has 12 heavy (non-hydrogen) atoms. The molecule has 0 spiro atoms. The van der Waals surface area contributed by atoms with Crippen molar-refractivity contribution in [1.29, 1.82) is 5.26 Å². The fourth-order valence-electron chi connectivity index (χ4n) is 0.543. The van der Waals surface area contributed by atoms with Crippen molar-refractivity contribution < 1.29 is 4.84 Å². The van der Waals surface area contributed by atoms with Gasteiger partial charge in [0.1, 0.15) is 0 Å². The molecule has 1 heterocycles. The lowest BCUT2D eigenvalue weighted by molar-refractivity contribution is 0.198. The zero-order chi connectivity index (χ0) is 9.14. The van der Waals surface area contributed by atoms with Crippen LogP contribution in [0.4, 0.5) is 0 Å². The van der Waals surface area contributed by atoms with Crippen LogP contribution in [-0.2, 0) is 0 Å². The summed E-state index contributed by atoms with van der Waals surface area (Å²) < 4.78 is 0.0956. The molecule has 7 nitrogen and oxygen atoms in total. The summed E-state index contributed by atoms with van der Waals surface area (Å²) in [5.41, 5.74) is -1.80. The van der Waals surface area contributed by atoms with Crippen molar-refractivity contribution in [3.8, 4) is 6.26 Å². The normalized spacial score (nSPS) is 8.92. The van der Waals surface area contributed by atoms with Crippen LogP contribution in [0.2, 0.25) is 0 Å². The third kappa shape index (κ3) is 1.40. The monoisotopic (exact) mass is 186 g/mol. The molecule has 0 bridgehead atoms. The minimum atomic E-state index is -0.898. The number of aromatic nitrogens is 3. The Labute approximate surface area is 69.8 Å². The molecule has 0 aromatic carbocycles. The lowest BCUT2D eigenvalue weighted by atomic mass is 11.0. The van der Waals surface area contributed by atoms with Gasteiger partial charge in [0.2, 0.25) is 0 Å². The molecule has 0 atom stereocenters. The van der Waals surface area contributed by atoms with Crippen LogP contribution in [0.25, 0.3) is 0 Å². The first-order chi connectivity index (χ1) is 5.65. The van der Waals surface area contributed by atoms with Gasteiger partial charge in [-0.25, -0.2) is 9.59 Å². The Morgan fingerprint density at radius 2 is 1.92 bits per heavy atom. The molecule has 0 fully saturated rings. The van der Waals surface area contributed by atoms with E-state index in [1.807, 2.05) is 0 Å². The molecule has 1 aromatic rings. The van der Waals surface area contributed by atoms with Crippen LogP contribution in [0, 0.1) is 16.3 Å². The van der Waals surface area contributed by atoms with Gasteiger partial charge in [0.15, 0.2) is 4.77 Å². The van der Waals surface area contributed by atoms with Gasteiger partial charge in [0.05, 0.1) is 0 Å². The van der Waals surface area contributed by atoms with Crippen molar-refractivity contribution in [3.63, 3.8) is 0 Å². The predicted molar refractivity (Wildman–Crippen MR) is 38.7 cm³/mol. The average Bonchev–Trinajstić information content (AvgIpc) is 1.96. The fourth-order valence-corrected chi connectivity index (χ4v) is 0.718. The third-order valence-electron chi connectivity index (χ3n) is 0.942. The van der Waals surface area contributed by atoms with Gasteiger partial charge in [-0.1, -0.05) is 4.73 Å². The van der Waals surface area contributed by atoms with Crippen molar-refractivity contribution in [3.05, 3.63) is 25.7 Å². The molecule has 0 aliphatic carbocycles. The third-order valence-corrected chi connectivity index (χ3v) is 1.15. The molecule has 8 heteroatoms. The summed E-state index contributed by atoms with van der Waals surface area (Å²) in [5.74, 6) is 0. The Morgan fingerprint density at radius 1 is 1.42 bits per heavy atom. The van der Waals surface area contributed by atoms with Crippen LogP contribution >= 0.6 is 12.2 Å². The van der Waals surface area contributed by atoms with Crippen molar-refractivity contribution in [2.75, 3.05) is 0 Å². The number of rotatable bonds is 1. The van der Waals surface area contributed by atoms with Crippen LogP contribution < -0.4 is 16.2 Å². The van der Waals surface area contributed by atoms with Crippen LogP contribution in [0.1, 0.15) is 0 Å². The lowest BCUT2D eigenvalue weighted by Crippen LogP contribution is -2.40. The zero-order valence-corrected chi connectivity index (χ0v) is 6.34. The molecule has 1 rings (SSSR count). The number of hydrogen-bond donors (Lipinski definition) is 2. The standard InChI is InChI=1S/C4H2N4O3S/c5-1-11-8-3(9)6-2(12)7-4(8)10/h(H2,6,7,9,10,12). The van der Waals surface area contributed by atoms with Crippen LogP contribution in [0.3, 0.4) is 0 Å². The number of nitrogens with zero attached hydrogens (tertiary/aromatic N) is 2. The van der Waals surface area contributed by atoms with Crippen LogP contribution in [-0.4, -0.2) is 14.7 Å². The maximum atomic E-state index is 10.8. The van der Waals surface area contributed by atoms with E-state index in [9.17, 15) is 9.59 Å². The molecule has 0 amide bonds. The van der Waals surface area contributed by atoms with Crippen molar-refractivity contribution in [1.82, 2.24) is 14.7 Å². The minimum absolute atomic E-state index is 0.122.